The van der Waals surface area contributed by atoms with Crippen LogP contribution in [0.1, 0.15) is 36.8 Å². The Labute approximate surface area is 132 Å². The van der Waals surface area contributed by atoms with E-state index < -0.39 is 0 Å². The molecule has 21 heavy (non-hydrogen) atoms. The summed E-state index contributed by atoms with van der Waals surface area (Å²) in [5.41, 5.74) is 2.71. The Morgan fingerprint density at radius 2 is 1.95 bits per heavy atom. The van der Waals surface area contributed by atoms with E-state index >= 15 is 0 Å². The highest BCUT2D eigenvalue weighted by Crippen LogP contribution is 2.34. The van der Waals surface area contributed by atoms with Gasteiger partial charge in [0.25, 0.3) is 0 Å². The van der Waals surface area contributed by atoms with Gasteiger partial charge in [-0.05, 0) is 42.6 Å². The molecule has 0 saturated carbocycles. The number of nitrogens with one attached hydrogen (secondary N) is 1. The van der Waals surface area contributed by atoms with Crippen molar-refractivity contribution in [1.29, 1.82) is 0 Å². The Morgan fingerprint density at radius 3 is 2.67 bits per heavy atom. The molecule has 0 amide bonds. The molecule has 3 heteroatoms. The van der Waals surface area contributed by atoms with E-state index in [4.69, 9.17) is 4.74 Å². The molecule has 0 spiro atoms. The lowest BCUT2D eigenvalue weighted by molar-refractivity contribution is 0.202. The molecule has 0 aliphatic carbocycles. The zero-order valence-corrected chi connectivity index (χ0v) is 14.0. The van der Waals surface area contributed by atoms with Crippen LogP contribution in [-0.2, 0) is 11.2 Å². The minimum Gasteiger partial charge on any atom is -0.384 e. The van der Waals surface area contributed by atoms with Gasteiger partial charge in [-0.25, -0.2) is 0 Å². The molecule has 0 radical (unpaired) electrons. The van der Waals surface area contributed by atoms with E-state index in [1.54, 1.807) is 7.11 Å². The Hall–Kier alpha value is -1.16. The molecule has 0 aliphatic heterocycles. The van der Waals surface area contributed by atoms with Gasteiger partial charge in [-0.15, -0.1) is 11.3 Å². The number of rotatable bonds is 8. The Kier molecular flexibility index (Phi) is 6.43. The third-order valence-electron chi connectivity index (χ3n) is 3.69. The van der Waals surface area contributed by atoms with Gasteiger partial charge in [0.1, 0.15) is 0 Å². The lowest BCUT2D eigenvalue weighted by Crippen LogP contribution is -2.18. The van der Waals surface area contributed by atoms with Gasteiger partial charge in [0, 0.05) is 22.9 Å². The molecule has 2 aromatic rings. The molecular weight excluding hydrogens is 278 g/mol. The van der Waals surface area contributed by atoms with Crippen LogP contribution >= 0.6 is 11.3 Å². The van der Waals surface area contributed by atoms with Crippen LogP contribution in [-0.4, -0.2) is 20.3 Å². The van der Waals surface area contributed by atoms with Gasteiger partial charge in [-0.2, -0.15) is 0 Å². The average molecular weight is 303 g/mol. The van der Waals surface area contributed by atoms with Crippen LogP contribution in [0.2, 0.25) is 0 Å². The van der Waals surface area contributed by atoms with Gasteiger partial charge >= 0.3 is 0 Å². The van der Waals surface area contributed by atoms with Crippen LogP contribution in [0.15, 0.2) is 36.4 Å². The lowest BCUT2D eigenvalue weighted by atomic mass is 10.0. The topological polar surface area (TPSA) is 21.3 Å². The second kappa shape index (κ2) is 8.32. The monoisotopic (exact) mass is 303 g/mol. The molecule has 114 valence electrons. The molecule has 2 nitrogen and oxygen atoms in total. The van der Waals surface area contributed by atoms with Crippen molar-refractivity contribution in [3.05, 3.63) is 46.8 Å². The van der Waals surface area contributed by atoms with Gasteiger partial charge in [0.05, 0.1) is 6.61 Å². The van der Waals surface area contributed by atoms with Crippen molar-refractivity contribution < 1.29 is 4.74 Å². The molecule has 1 aromatic carbocycles. The van der Waals surface area contributed by atoms with Gasteiger partial charge in [-0.1, -0.05) is 38.1 Å². The maximum absolute atomic E-state index is 5.22. The largest absolute Gasteiger partial charge is 0.384 e. The van der Waals surface area contributed by atoms with Crippen LogP contribution in [0.25, 0.3) is 10.4 Å². The SMILES string of the molecule is CCNC(CC)c1ccc(-c2ccccc2CCOC)s1. The molecule has 1 aromatic heterocycles. The van der Waals surface area contributed by atoms with E-state index in [-0.39, 0.29) is 0 Å². The third kappa shape index (κ3) is 4.16. The summed E-state index contributed by atoms with van der Waals surface area (Å²) >= 11 is 1.90. The second-order valence-electron chi connectivity index (χ2n) is 5.12. The Balaban J connectivity index is 2.24. The first kappa shape index (κ1) is 16.2. The maximum Gasteiger partial charge on any atom is 0.0502 e. The number of thiophene rings is 1. The minimum atomic E-state index is 0.472. The van der Waals surface area contributed by atoms with E-state index in [2.05, 4.69) is 55.6 Å². The zero-order valence-electron chi connectivity index (χ0n) is 13.2. The highest BCUT2D eigenvalue weighted by atomic mass is 32.1. The maximum atomic E-state index is 5.22. The molecule has 1 unspecified atom stereocenters. The fourth-order valence-corrected chi connectivity index (χ4v) is 3.80. The van der Waals surface area contributed by atoms with Gasteiger partial charge < -0.3 is 10.1 Å². The van der Waals surface area contributed by atoms with Crippen molar-refractivity contribution in [2.75, 3.05) is 20.3 Å². The average Bonchev–Trinajstić information content (AvgIpc) is 3.00. The number of benzene rings is 1. The van der Waals surface area contributed by atoms with Crippen LogP contribution < -0.4 is 5.32 Å². The molecule has 0 saturated heterocycles. The summed E-state index contributed by atoms with van der Waals surface area (Å²) in [4.78, 5) is 2.78. The van der Waals surface area contributed by atoms with Gasteiger partial charge in [0.2, 0.25) is 0 Å². The minimum absolute atomic E-state index is 0.472. The van der Waals surface area contributed by atoms with Crippen LogP contribution in [0.5, 0.6) is 0 Å². The fraction of sp³-hybridized carbons (Fsp3) is 0.444. The van der Waals surface area contributed by atoms with Crippen LogP contribution in [0, 0.1) is 0 Å². The number of hydrogen-bond donors (Lipinski definition) is 1. The predicted octanol–water partition coefficient (Wildman–Crippen LogP) is 4.66. The van der Waals surface area contributed by atoms with Crippen molar-refractivity contribution in [2.45, 2.75) is 32.7 Å². The summed E-state index contributed by atoms with van der Waals surface area (Å²) in [6.45, 7) is 6.18. The van der Waals surface area contributed by atoms with Crippen molar-refractivity contribution in [1.82, 2.24) is 5.32 Å². The normalized spacial score (nSPS) is 12.5. The first-order chi connectivity index (χ1) is 10.3. The van der Waals surface area contributed by atoms with Crippen molar-refractivity contribution in [3.63, 3.8) is 0 Å². The van der Waals surface area contributed by atoms with E-state index in [1.807, 2.05) is 11.3 Å². The van der Waals surface area contributed by atoms with E-state index in [9.17, 15) is 0 Å². The predicted molar refractivity (Wildman–Crippen MR) is 92.0 cm³/mol. The molecule has 0 bridgehead atoms. The first-order valence-corrected chi connectivity index (χ1v) is 8.52. The number of methoxy groups -OCH3 is 1. The summed E-state index contributed by atoms with van der Waals surface area (Å²) in [5, 5.41) is 3.55. The van der Waals surface area contributed by atoms with Crippen molar-refractivity contribution in [2.24, 2.45) is 0 Å². The third-order valence-corrected chi connectivity index (χ3v) is 4.92. The number of hydrogen-bond acceptors (Lipinski definition) is 3. The molecule has 1 heterocycles. The van der Waals surface area contributed by atoms with E-state index in [0.717, 1.165) is 26.0 Å². The number of ether oxygens (including phenoxy) is 1. The Morgan fingerprint density at radius 1 is 1.14 bits per heavy atom. The second-order valence-corrected chi connectivity index (χ2v) is 6.24. The van der Waals surface area contributed by atoms with Crippen LogP contribution in [0.4, 0.5) is 0 Å². The molecular formula is C18H25NOS. The van der Waals surface area contributed by atoms with Crippen molar-refractivity contribution >= 4 is 11.3 Å². The quantitative estimate of drug-likeness (QED) is 0.765. The lowest BCUT2D eigenvalue weighted by Gasteiger charge is -2.13. The standard InChI is InChI=1S/C18H25NOS/c1-4-16(19-5-2)18-11-10-17(21-18)15-9-7-6-8-14(15)12-13-20-3/h6-11,16,19H,4-5,12-13H2,1-3H3. The zero-order chi connectivity index (χ0) is 15.1. The summed E-state index contributed by atoms with van der Waals surface area (Å²) in [6, 6.07) is 13.6. The smallest absolute Gasteiger partial charge is 0.0502 e. The van der Waals surface area contributed by atoms with E-state index in [0.29, 0.717) is 6.04 Å². The first-order valence-electron chi connectivity index (χ1n) is 7.70. The highest BCUT2D eigenvalue weighted by molar-refractivity contribution is 7.15. The fourth-order valence-electron chi connectivity index (χ4n) is 2.57. The summed E-state index contributed by atoms with van der Waals surface area (Å²) in [7, 11) is 1.76. The van der Waals surface area contributed by atoms with Gasteiger partial charge in [0.15, 0.2) is 0 Å². The van der Waals surface area contributed by atoms with Gasteiger partial charge in [-0.3, -0.25) is 0 Å². The summed E-state index contributed by atoms with van der Waals surface area (Å²) in [6.07, 6.45) is 2.09. The highest BCUT2D eigenvalue weighted by Gasteiger charge is 2.13. The molecule has 1 N–H and O–H groups in total. The van der Waals surface area contributed by atoms with Crippen LogP contribution in [0.3, 0.4) is 0 Å². The molecule has 2 rings (SSSR count). The Bertz CT molecular complexity index is 550. The molecule has 0 fully saturated rings. The van der Waals surface area contributed by atoms with E-state index in [1.165, 1.54) is 20.9 Å². The molecule has 1 atom stereocenters. The van der Waals surface area contributed by atoms with Crippen molar-refractivity contribution in [3.8, 4) is 10.4 Å². The molecule has 0 aliphatic rings. The summed E-state index contributed by atoms with van der Waals surface area (Å²) < 4.78 is 5.22. The summed E-state index contributed by atoms with van der Waals surface area (Å²) in [5.74, 6) is 0.